The van der Waals surface area contributed by atoms with Crippen molar-refractivity contribution < 1.29 is 5.11 Å². The van der Waals surface area contributed by atoms with E-state index >= 15 is 0 Å². The van der Waals surface area contributed by atoms with Crippen molar-refractivity contribution >= 4 is 11.8 Å². The third kappa shape index (κ3) is 4.67. The van der Waals surface area contributed by atoms with Gasteiger partial charge in [-0.25, -0.2) is 0 Å². The average molecular weight is 217 g/mol. The number of hydrogen-bond acceptors (Lipinski definition) is 3. The highest BCUT2D eigenvalue weighted by molar-refractivity contribution is 7.99. The van der Waals surface area contributed by atoms with E-state index in [1.54, 1.807) is 0 Å². The summed E-state index contributed by atoms with van der Waals surface area (Å²) < 4.78 is 0. The minimum atomic E-state index is 0.276. The fraction of sp³-hybridized carbons (Fsp3) is 1.00. The molecule has 2 N–H and O–H groups in total. The molecule has 0 aromatic carbocycles. The molecule has 1 aliphatic rings. The van der Waals surface area contributed by atoms with Gasteiger partial charge in [0.15, 0.2) is 0 Å². The molecule has 0 bridgehead atoms. The third-order valence-electron chi connectivity index (χ3n) is 2.70. The van der Waals surface area contributed by atoms with Gasteiger partial charge in [-0.2, -0.15) is 11.8 Å². The van der Waals surface area contributed by atoms with E-state index in [-0.39, 0.29) is 6.61 Å². The van der Waals surface area contributed by atoms with Crippen LogP contribution in [0.15, 0.2) is 0 Å². The Hall–Kier alpha value is 0.270. The van der Waals surface area contributed by atoms with Gasteiger partial charge in [0.2, 0.25) is 0 Å². The quantitative estimate of drug-likeness (QED) is 0.711. The van der Waals surface area contributed by atoms with Crippen LogP contribution in [-0.4, -0.2) is 35.8 Å². The van der Waals surface area contributed by atoms with Crippen molar-refractivity contribution in [3.63, 3.8) is 0 Å². The van der Waals surface area contributed by atoms with E-state index in [0.29, 0.717) is 12.0 Å². The molecule has 3 heteroatoms. The van der Waals surface area contributed by atoms with Gasteiger partial charge >= 0.3 is 0 Å². The Kier molecular flexibility index (Phi) is 5.90. The maximum Gasteiger partial charge on any atom is 0.0584 e. The van der Waals surface area contributed by atoms with Crippen LogP contribution in [0, 0.1) is 11.8 Å². The van der Waals surface area contributed by atoms with E-state index in [0.717, 1.165) is 18.9 Å². The highest BCUT2D eigenvalue weighted by atomic mass is 32.2. The van der Waals surface area contributed by atoms with Crippen molar-refractivity contribution in [3.05, 3.63) is 0 Å². The molecular formula is C11H23NOS. The van der Waals surface area contributed by atoms with Crippen LogP contribution in [0.2, 0.25) is 0 Å². The Morgan fingerprint density at radius 3 is 2.79 bits per heavy atom. The van der Waals surface area contributed by atoms with Gasteiger partial charge in [0.1, 0.15) is 0 Å². The van der Waals surface area contributed by atoms with Crippen LogP contribution < -0.4 is 5.32 Å². The van der Waals surface area contributed by atoms with E-state index in [9.17, 15) is 5.11 Å². The first-order valence-corrected chi connectivity index (χ1v) is 6.79. The van der Waals surface area contributed by atoms with Gasteiger partial charge in [0.25, 0.3) is 0 Å². The highest BCUT2D eigenvalue weighted by Gasteiger charge is 2.17. The molecule has 2 unspecified atom stereocenters. The summed E-state index contributed by atoms with van der Waals surface area (Å²) >= 11 is 2.05. The summed E-state index contributed by atoms with van der Waals surface area (Å²) in [6, 6.07) is 0.306. The fourth-order valence-corrected chi connectivity index (χ4v) is 3.15. The first-order chi connectivity index (χ1) is 6.72. The molecule has 0 spiro atoms. The summed E-state index contributed by atoms with van der Waals surface area (Å²) in [5.41, 5.74) is 0. The monoisotopic (exact) mass is 217 g/mol. The molecule has 84 valence electrons. The Balaban J connectivity index is 2.12. The van der Waals surface area contributed by atoms with E-state index in [1.165, 1.54) is 17.9 Å². The van der Waals surface area contributed by atoms with Gasteiger partial charge < -0.3 is 10.4 Å². The van der Waals surface area contributed by atoms with Crippen molar-refractivity contribution in [1.29, 1.82) is 0 Å². The van der Waals surface area contributed by atoms with E-state index < -0.39 is 0 Å². The van der Waals surface area contributed by atoms with Crippen molar-refractivity contribution in [2.45, 2.75) is 32.7 Å². The van der Waals surface area contributed by atoms with E-state index in [4.69, 9.17) is 0 Å². The summed E-state index contributed by atoms with van der Waals surface area (Å²) in [4.78, 5) is 0. The number of hydrogen-bond donors (Lipinski definition) is 2. The maximum absolute atomic E-state index is 9.18. The van der Waals surface area contributed by atoms with Gasteiger partial charge in [-0.05, 0) is 42.7 Å². The number of aliphatic hydroxyl groups excluding tert-OH is 1. The lowest BCUT2D eigenvalue weighted by Crippen LogP contribution is -2.37. The zero-order chi connectivity index (χ0) is 10.4. The Labute approximate surface area is 91.9 Å². The molecule has 0 aromatic rings. The van der Waals surface area contributed by atoms with Gasteiger partial charge in [-0.3, -0.25) is 0 Å². The van der Waals surface area contributed by atoms with Crippen LogP contribution in [-0.2, 0) is 0 Å². The average Bonchev–Trinajstić information content (AvgIpc) is 2.64. The smallest absolute Gasteiger partial charge is 0.0584 e. The van der Waals surface area contributed by atoms with Crippen LogP contribution in [0.4, 0.5) is 0 Å². The summed E-state index contributed by atoms with van der Waals surface area (Å²) in [7, 11) is 0. The van der Waals surface area contributed by atoms with Crippen molar-refractivity contribution in [1.82, 2.24) is 5.32 Å². The maximum atomic E-state index is 9.18. The Bertz CT molecular complexity index is 146. The molecule has 2 nitrogen and oxygen atoms in total. The molecule has 1 heterocycles. The normalized spacial score (nSPS) is 24.4. The standard InChI is InChI=1S/C11H23NOS/c1-9(2)5-11(7-13)12-6-10-3-4-14-8-10/h9-13H,3-8H2,1-2H3. The van der Waals surface area contributed by atoms with E-state index in [1.807, 2.05) is 0 Å². The van der Waals surface area contributed by atoms with Crippen molar-refractivity contribution in [3.8, 4) is 0 Å². The van der Waals surface area contributed by atoms with E-state index in [2.05, 4.69) is 30.9 Å². The van der Waals surface area contributed by atoms with Gasteiger partial charge in [-0.1, -0.05) is 13.8 Å². The first kappa shape index (κ1) is 12.3. The van der Waals surface area contributed by atoms with Crippen LogP contribution in [0.5, 0.6) is 0 Å². The topological polar surface area (TPSA) is 32.3 Å². The zero-order valence-electron chi connectivity index (χ0n) is 9.33. The molecule has 1 fully saturated rings. The minimum absolute atomic E-state index is 0.276. The summed E-state index contributed by atoms with van der Waals surface area (Å²) in [5.74, 6) is 4.12. The second kappa shape index (κ2) is 6.70. The van der Waals surface area contributed by atoms with Gasteiger partial charge in [-0.15, -0.1) is 0 Å². The molecule has 1 saturated heterocycles. The largest absolute Gasteiger partial charge is 0.395 e. The number of nitrogens with one attached hydrogen (secondary N) is 1. The lowest BCUT2D eigenvalue weighted by molar-refractivity contribution is 0.220. The van der Waals surface area contributed by atoms with Gasteiger partial charge in [0, 0.05) is 6.04 Å². The summed E-state index contributed by atoms with van der Waals surface area (Å²) in [6.07, 6.45) is 2.42. The second-order valence-corrected chi connectivity index (χ2v) is 5.80. The molecule has 0 saturated carbocycles. The third-order valence-corrected chi connectivity index (χ3v) is 3.93. The number of aliphatic hydroxyl groups is 1. The molecule has 2 atom stereocenters. The molecule has 0 aromatic heterocycles. The lowest BCUT2D eigenvalue weighted by Gasteiger charge is -2.20. The van der Waals surface area contributed by atoms with Crippen LogP contribution in [0.25, 0.3) is 0 Å². The second-order valence-electron chi connectivity index (χ2n) is 4.65. The molecule has 1 aliphatic heterocycles. The predicted molar refractivity (Wildman–Crippen MR) is 63.8 cm³/mol. The minimum Gasteiger partial charge on any atom is -0.395 e. The zero-order valence-corrected chi connectivity index (χ0v) is 10.1. The summed E-state index contributed by atoms with van der Waals surface area (Å²) in [6.45, 7) is 5.77. The molecule has 0 amide bonds. The number of thioether (sulfide) groups is 1. The fourth-order valence-electron chi connectivity index (χ4n) is 1.87. The predicted octanol–water partition coefficient (Wildman–Crippen LogP) is 1.74. The molecule has 1 rings (SSSR count). The lowest BCUT2D eigenvalue weighted by atomic mass is 10.0. The van der Waals surface area contributed by atoms with Crippen LogP contribution in [0.1, 0.15) is 26.7 Å². The molecule has 0 radical (unpaired) electrons. The molecule has 0 aliphatic carbocycles. The highest BCUT2D eigenvalue weighted by Crippen LogP contribution is 2.22. The van der Waals surface area contributed by atoms with Crippen LogP contribution in [0.3, 0.4) is 0 Å². The Morgan fingerprint density at radius 2 is 2.29 bits per heavy atom. The van der Waals surface area contributed by atoms with Crippen molar-refractivity contribution in [2.75, 3.05) is 24.7 Å². The first-order valence-electron chi connectivity index (χ1n) is 5.64. The van der Waals surface area contributed by atoms with Crippen LogP contribution >= 0.6 is 11.8 Å². The summed E-state index contributed by atoms with van der Waals surface area (Å²) in [5, 5.41) is 12.7. The molecular weight excluding hydrogens is 194 g/mol. The molecule has 14 heavy (non-hydrogen) atoms. The number of rotatable bonds is 6. The Morgan fingerprint density at radius 1 is 1.50 bits per heavy atom. The SMILES string of the molecule is CC(C)CC(CO)NCC1CCSC1. The van der Waals surface area contributed by atoms with Gasteiger partial charge in [0.05, 0.1) is 6.61 Å². The van der Waals surface area contributed by atoms with Crippen molar-refractivity contribution in [2.24, 2.45) is 11.8 Å².